The predicted molar refractivity (Wildman–Crippen MR) is 74.8 cm³/mol. The van der Waals surface area contributed by atoms with Gasteiger partial charge >= 0.3 is 0 Å². The number of hydrogen-bond acceptors (Lipinski definition) is 4. The maximum atomic E-state index is 10.9. The van der Waals surface area contributed by atoms with Gasteiger partial charge in [-0.1, -0.05) is 18.2 Å². The van der Waals surface area contributed by atoms with Crippen LogP contribution >= 0.6 is 0 Å². The van der Waals surface area contributed by atoms with Crippen molar-refractivity contribution in [3.05, 3.63) is 29.8 Å². The Hall–Kier alpha value is -2.01. The van der Waals surface area contributed by atoms with Crippen LogP contribution in [0.25, 0.3) is 6.08 Å². The van der Waals surface area contributed by atoms with Crippen molar-refractivity contribution in [3.8, 4) is 11.5 Å². The van der Waals surface area contributed by atoms with Crippen LogP contribution in [0.5, 0.6) is 11.5 Å². The first-order chi connectivity index (χ1) is 9.21. The monoisotopic (exact) mass is 264 g/mol. The van der Waals surface area contributed by atoms with Crippen molar-refractivity contribution in [2.75, 3.05) is 13.7 Å². The third kappa shape index (κ3) is 5.01. The Labute approximate surface area is 113 Å². The van der Waals surface area contributed by atoms with Crippen LogP contribution < -0.4 is 20.7 Å². The van der Waals surface area contributed by atoms with Crippen molar-refractivity contribution in [2.24, 2.45) is 5.84 Å². The van der Waals surface area contributed by atoms with Crippen molar-refractivity contribution < 1.29 is 14.3 Å². The second-order valence-corrected chi connectivity index (χ2v) is 3.93. The Kier molecular flexibility index (Phi) is 6.46. The summed E-state index contributed by atoms with van der Waals surface area (Å²) in [5.74, 6) is 6.14. The van der Waals surface area contributed by atoms with Crippen molar-refractivity contribution in [3.63, 3.8) is 0 Å². The average Bonchev–Trinajstić information content (AvgIpc) is 2.44. The van der Waals surface area contributed by atoms with Gasteiger partial charge in [0.05, 0.1) is 13.7 Å². The number of hydrazine groups is 1. The number of nitrogens with one attached hydrogen (secondary N) is 1. The van der Waals surface area contributed by atoms with Crippen LogP contribution in [-0.4, -0.2) is 19.6 Å². The molecule has 0 aliphatic heterocycles. The number of hydrogen-bond donors (Lipinski definition) is 2. The minimum atomic E-state index is -0.195. The standard InChI is InChI=1S/C14H20N2O3/c1-3-5-11-7-8-12(13(10-11)18-2)19-9-4-6-14(17)16-15/h3,5,7-8,10H,4,6,9,15H2,1-2H3,(H,16,17). The van der Waals surface area contributed by atoms with E-state index in [1.807, 2.05) is 37.3 Å². The molecule has 0 radical (unpaired) electrons. The molecule has 1 aromatic rings. The van der Waals surface area contributed by atoms with E-state index in [0.717, 1.165) is 5.56 Å². The van der Waals surface area contributed by atoms with Crippen molar-refractivity contribution in [1.82, 2.24) is 5.43 Å². The van der Waals surface area contributed by atoms with Gasteiger partial charge in [0.1, 0.15) is 0 Å². The molecule has 1 aromatic carbocycles. The summed E-state index contributed by atoms with van der Waals surface area (Å²) in [6.45, 7) is 2.39. The number of carbonyl (C=O) groups excluding carboxylic acids is 1. The maximum absolute atomic E-state index is 10.9. The number of amides is 1. The summed E-state index contributed by atoms with van der Waals surface area (Å²) in [7, 11) is 1.60. The quantitative estimate of drug-likeness (QED) is 0.341. The summed E-state index contributed by atoms with van der Waals surface area (Å²) in [5, 5.41) is 0. The van der Waals surface area contributed by atoms with Crippen LogP contribution in [-0.2, 0) is 4.79 Å². The summed E-state index contributed by atoms with van der Waals surface area (Å²) < 4.78 is 10.9. The van der Waals surface area contributed by atoms with E-state index >= 15 is 0 Å². The fourth-order valence-corrected chi connectivity index (χ4v) is 1.59. The fourth-order valence-electron chi connectivity index (χ4n) is 1.59. The van der Waals surface area contributed by atoms with Crippen LogP contribution in [0.4, 0.5) is 0 Å². The van der Waals surface area contributed by atoms with Crippen LogP contribution in [0.15, 0.2) is 24.3 Å². The summed E-state index contributed by atoms with van der Waals surface area (Å²) in [5.41, 5.74) is 3.13. The number of benzene rings is 1. The van der Waals surface area contributed by atoms with Gasteiger partial charge in [-0.25, -0.2) is 5.84 Å². The third-order valence-corrected chi connectivity index (χ3v) is 2.51. The molecule has 0 fully saturated rings. The van der Waals surface area contributed by atoms with Gasteiger partial charge in [0.15, 0.2) is 11.5 Å². The molecule has 0 atom stereocenters. The molecule has 5 heteroatoms. The summed E-state index contributed by atoms with van der Waals surface area (Å²) in [6.07, 6.45) is 4.89. The second kappa shape index (κ2) is 8.16. The Morgan fingerprint density at radius 3 is 2.84 bits per heavy atom. The lowest BCUT2D eigenvalue weighted by Crippen LogP contribution is -2.29. The molecule has 0 aliphatic carbocycles. The minimum absolute atomic E-state index is 0.195. The van der Waals surface area contributed by atoms with E-state index in [4.69, 9.17) is 15.3 Å². The molecule has 0 aromatic heterocycles. The summed E-state index contributed by atoms with van der Waals surface area (Å²) in [4.78, 5) is 10.9. The van der Waals surface area contributed by atoms with Gasteiger partial charge in [0.2, 0.25) is 5.91 Å². The molecule has 5 nitrogen and oxygen atoms in total. The summed E-state index contributed by atoms with van der Waals surface area (Å²) in [6, 6.07) is 5.71. The van der Waals surface area contributed by atoms with E-state index in [2.05, 4.69) is 5.43 Å². The molecular weight excluding hydrogens is 244 g/mol. The molecule has 104 valence electrons. The zero-order valence-corrected chi connectivity index (χ0v) is 11.3. The lowest BCUT2D eigenvalue weighted by atomic mass is 10.2. The van der Waals surface area contributed by atoms with Gasteiger partial charge < -0.3 is 9.47 Å². The first-order valence-corrected chi connectivity index (χ1v) is 6.14. The van der Waals surface area contributed by atoms with Gasteiger partial charge in [-0.15, -0.1) is 0 Å². The smallest absolute Gasteiger partial charge is 0.234 e. The van der Waals surface area contributed by atoms with E-state index in [1.165, 1.54) is 0 Å². The topological polar surface area (TPSA) is 73.6 Å². The number of nitrogens with two attached hydrogens (primary N) is 1. The molecule has 0 unspecified atom stereocenters. The number of methoxy groups -OCH3 is 1. The van der Waals surface area contributed by atoms with E-state index in [9.17, 15) is 4.79 Å². The molecule has 1 amide bonds. The van der Waals surface area contributed by atoms with Crippen LogP contribution in [0.2, 0.25) is 0 Å². The normalized spacial score (nSPS) is 10.5. The molecule has 1 rings (SSSR count). The minimum Gasteiger partial charge on any atom is -0.493 e. The molecule has 0 saturated heterocycles. The predicted octanol–water partition coefficient (Wildman–Crippen LogP) is 1.88. The zero-order chi connectivity index (χ0) is 14.1. The largest absolute Gasteiger partial charge is 0.493 e. The number of rotatable bonds is 7. The molecular formula is C14H20N2O3. The van der Waals surface area contributed by atoms with Crippen LogP contribution in [0, 0.1) is 0 Å². The Morgan fingerprint density at radius 1 is 1.42 bits per heavy atom. The zero-order valence-electron chi connectivity index (χ0n) is 11.3. The fraction of sp³-hybridized carbons (Fsp3) is 0.357. The lowest BCUT2D eigenvalue weighted by Gasteiger charge is -2.11. The Morgan fingerprint density at radius 2 is 2.21 bits per heavy atom. The van der Waals surface area contributed by atoms with Crippen molar-refractivity contribution in [2.45, 2.75) is 19.8 Å². The van der Waals surface area contributed by atoms with Gasteiger partial charge in [-0.3, -0.25) is 10.2 Å². The molecule has 0 saturated carbocycles. The van der Waals surface area contributed by atoms with Crippen LogP contribution in [0.1, 0.15) is 25.3 Å². The third-order valence-electron chi connectivity index (χ3n) is 2.51. The highest BCUT2D eigenvalue weighted by Gasteiger charge is 2.05. The van der Waals surface area contributed by atoms with E-state index in [1.54, 1.807) is 7.11 Å². The highest BCUT2D eigenvalue weighted by atomic mass is 16.5. The van der Waals surface area contributed by atoms with Gasteiger partial charge in [-0.05, 0) is 31.0 Å². The molecule has 0 aliphatic rings. The van der Waals surface area contributed by atoms with Gasteiger partial charge in [-0.2, -0.15) is 0 Å². The summed E-state index contributed by atoms with van der Waals surface area (Å²) >= 11 is 0. The average molecular weight is 264 g/mol. The van der Waals surface area contributed by atoms with Crippen molar-refractivity contribution in [1.29, 1.82) is 0 Å². The number of carbonyl (C=O) groups is 1. The van der Waals surface area contributed by atoms with Gasteiger partial charge in [0, 0.05) is 6.42 Å². The van der Waals surface area contributed by atoms with E-state index in [0.29, 0.717) is 30.9 Å². The first kappa shape index (κ1) is 15.0. The Bertz CT molecular complexity index is 444. The maximum Gasteiger partial charge on any atom is 0.234 e. The van der Waals surface area contributed by atoms with E-state index in [-0.39, 0.29) is 5.91 Å². The second-order valence-electron chi connectivity index (χ2n) is 3.93. The van der Waals surface area contributed by atoms with Crippen molar-refractivity contribution >= 4 is 12.0 Å². The highest BCUT2D eigenvalue weighted by Crippen LogP contribution is 2.28. The lowest BCUT2D eigenvalue weighted by molar-refractivity contribution is -0.121. The molecule has 3 N–H and O–H groups in total. The Balaban J connectivity index is 2.55. The van der Waals surface area contributed by atoms with Crippen LogP contribution in [0.3, 0.4) is 0 Å². The number of allylic oxidation sites excluding steroid dienone is 1. The first-order valence-electron chi connectivity index (χ1n) is 6.14. The SMILES string of the molecule is CC=Cc1ccc(OCCCC(=O)NN)c(OC)c1. The molecule has 0 bridgehead atoms. The molecule has 0 heterocycles. The van der Waals surface area contributed by atoms with Gasteiger partial charge in [0.25, 0.3) is 0 Å². The number of ether oxygens (including phenoxy) is 2. The molecule has 0 spiro atoms. The molecule has 19 heavy (non-hydrogen) atoms. The highest BCUT2D eigenvalue weighted by molar-refractivity contribution is 5.75. The van der Waals surface area contributed by atoms with E-state index < -0.39 is 0 Å².